The molecule has 98 valence electrons. The molecule has 0 amide bonds. The minimum absolute atomic E-state index is 0.262. The molecule has 0 fully saturated rings. The Morgan fingerprint density at radius 1 is 1.32 bits per heavy atom. The van der Waals surface area contributed by atoms with Crippen LogP contribution >= 0.6 is 11.8 Å². The van der Waals surface area contributed by atoms with Crippen molar-refractivity contribution in [1.29, 1.82) is 5.41 Å². The molecule has 0 radical (unpaired) electrons. The van der Waals surface area contributed by atoms with Crippen molar-refractivity contribution in [2.45, 2.75) is 18.6 Å². The first kappa shape index (κ1) is 12.5. The molecule has 0 saturated carbocycles. The van der Waals surface area contributed by atoms with Gasteiger partial charge in [-0.1, -0.05) is 49.5 Å². The second-order valence-corrected chi connectivity index (χ2v) is 6.46. The Labute approximate surface area is 118 Å². The fourth-order valence-corrected chi connectivity index (χ4v) is 3.92. The normalized spacial score (nSPS) is 32.5. The first-order valence-electron chi connectivity index (χ1n) is 6.66. The lowest BCUT2D eigenvalue weighted by Gasteiger charge is -2.14. The molecule has 3 atom stereocenters. The Balaban J connectivity index is 1.85. The Morgan fingerprint density at radius 2 is 2.11 bits per heavy atom. The summed E-state index contributed by atoms with van der Waals surface area (Å²) in [5.41, 5.74) is 8.70. The standard InChI is InChI=1S/C16H18N2S/c1-10-6-8-11(9-7-10)14(17)16-15(18)12-4-2-3-5-13(12)19-16/h2-6,8-10,12-13,17H,7,18H2,1H3. The lowest BCUT2D eigenvalue weighted by molar-refractivity contribution is 0.734. The van der Waals surface area contributed by atoms with Gasteiger partial charge in [-0.2, -0.15) is 0 Å². The van der Waals surface area contributed by atoms with Crippen LogP contribution in [0.2, 0.25) is 0 Å². The number of hydrogen-bond donors (Lipinski definition) is 2. The molecule has 0 saturated heterocycles. The molecule has 2 aliphatic carbocycles. The van der Waals surface area contributed by atoms with E-state index >= 15 is 0 Å². The van der Waals surface area contributed by atoms with E-state index < -0.39 is 0 Å². The van der Waals surface area contributed by atoms with Crippen LogP contribution in [0.1, 0.15) is 13.3 Å². The smallest absolute Gasteiger partial charge is 0.0762 e. The van der Waals surface area contributed by atoms with Gasteiger partial charge in [0.15, 0.2) is 0 Å². The summed E-state index contributed by atoms with van der Waals surface area (Å²) < 4.78 is 0. The molecule has 0 bridgehead atoms. The van der Waals surface area contributed by atoms with E-state index in [2.05, 4.69) is 43.4 Å². The number of rotatable bonds is 2. The minimum Gasteiger partial charge on any atom is -0.401 e. The van der Waals surface area contributed by atoms with Crippen LogP contribution in [0.3, 0.4) is 0 Å². The van der Waals surface area contributed by atoms with Crippen LogP contribution in [0, 0.1) is 17.2 Å². The van der Waals surface area contributed by atoms with Gasteiger partial charge in [0, 0.05) is 16.9 Å². The van der Waals surface area contributed by atoms with Crippen molar-refractivity contribution in [2.24, 2.45) is 17.6 Å². The molecule has 2 nitrogen and oxygen atoms in total. The summed E-state index contributed by atoms with van der Waals surface area (Å²) in [4.78, 5) is 0.955. The Morgan fingerprint density at radius 3 is 2.79 bits per heavy atom. The van der Waals surface area contributed by atoms with Gasteiger partial charge in [-0.25, -0.2) is 0 Å². The number of allylic oxidation sites excluding steroid dienone is 8. The Kier molecular flexibility index (Phi) is 3.23. The molecule has 1 aliphatic heterocycles. The summed E-state index contributed by atoms with van der Waals surface area (Å²) >= 11 is 1.72. The third kappa shape index (κ3) is 2.23. The first-order chi connectivity index (χ1) is 9.16. The lowest BCUT2D eigenvalue weighted by Crippen LogP contribution is -2.17. The summed E-state index contributed by atoms with van der Waals surface area (Å²) in [6.45, 7) is 2.19. The first-order valence-corrected chi connectivity index (χ1v) is 7.53. The van der Waals surface area contributed by atoms with Crippen molar-refractivity contribution < 1.29 is 0 Å². The molecule has 3 rings (SSSR count). The molecule has 19 heavy (non-hydrogen) atoms. The number of thioether (sulfide) groups is 1. The van der Waals surface area contributed by atoms with E-state index in [1.54, 1.807) is 11.8 Å². The topological polar surface area (TPSA) is 49.9 Å². The zero-order valence-electron chi connectivity index (χ0n) is 11.0. The zero-order chi connectivity index (χ0) is 13.4. The van der Waals surface area contributed by atoms with E-state index in [0.29, 0.717) is 16.9 Å². The number of nitrogens with two attached hydrogens (primary N) is 1. The molecule has 0 spiro atoms. The molecule has 1 heterocycles. The summed E-state index contributed by atoms with van der Waals surface area (Å²) in [5.74, 6) is 0.838. The van der Waals surface area contributed by atoms with Gasteiger partial charge in [0.25, 0.3) is 0 Å². The van der Waals surface area contributed by atoms with Gasteiger partial charge in [-0.3, -0.25) is 5.41 Å². The van der Waals surface area contributed by atoms with Crippen molar-refractivity contribution in [1.82, 2.24) is 0 Å². The largest absolute Gasteiger partial charge is 0.401 e. The quantitative estimate of drug-likeness (QED) is 0.754. The van der Waals surface area contributed by atoms with E-state index in [-0.39, 0.29) is 5.92 Å². The molecular formula is C16H18N2S. The van der Waals surface area contributed by atoms with Gasteiger partial charge in [0.1, 0.15) is 0 Å². The van der Waals surface area contributed by atoms with Gasteiger partial charge < -0.3 is 5.73 Å². The van der Waals surface area contributed by atoms with Crippen molar-refractivity contribution in [2.75, 3.05) is 0 Å². The average molecular weight is 270 g/mol. The molecule has 0 aromatic heterocycles. The van der Waals surface area contributed by atoms with Crippen LogP contribution in [0.25, 0.3) is 0 Å². The van der Waals surface area contributed by atoms with E-state index in [9.17, 15) is 0 Å². The maximum absolute atomic E-state index is 8.40. The fraction of sp³-hybridized carbons (Fsp3) is 0.312. The van der Waals surface area contributed by atoms with Crippen LogP contribution in [0.5, 0.6) is 0 Å². The van der Waals surface area contributed by atoms with Crippen molar-refractivity contribution in [3.63, 3.8) is 0 Å². The Hall–Kier alpha value is -1.48. The number of nitrogens with one attached hydrogen (secondary N) is 1. The monoisotopic (exact) mass is 270 g/mol. The maximum atomic E-state index is 8.40. The van der Waals surface area contributed by atoms with Gasteiger partial charge >= 0.3 is 0 Å². The molecule has 3 unspecified atom stereocenters. The van der Waals surface area contributed by atoms with Crippen LogP contribution in [-0.2, 0) is 0 Å². The highest BCUT2D eigenvalue weighted by Crippen LogP contribution is 2.44. The third-order valence-electron chi connectivity index (χ3n) is 3.79. The highest BCUT2D eigenvalue weighted by Gasteiger charge is 2.34. The van der Waals surface area contributed by atoms with Crippen molar-refractivity contribution in [3.8, 4) is 0 Å². The van der Waals surface area contributed by atoms with E-state index in [0.717, 1.165) is 22.6 Å². The molecule has 0 aromatic carbocycles. The second-order valence-electron chi connectivity index (χ2n) is 5.27. The fourth-order valence-electron chi connectivity index (χ4n) is 2.58. The zero-order valence-corrected chi connectivity index (χ0v) is 11.8. The number of hydrogen-bond acceptors (Lipinski definition) is 3. The predicted molar refractivity (Wildman–Crippen MR) is 83.1 cm³/mol. The van der Waals surface area contributed by atoms with Gasteiger partial charge in [-0.15, -0.1) is 11.8 Å². The van der Waals surface area contributed by atoms with E-state index in [4.69, 9.17) is 11.1 Å². The van der Waals surface area contributed by atoms with Crippen LogP contribution in [0.4, 0.5) is 0 Å². The van der Waals surface area contributed by atoms with Crippen molar-refractivity contribution >= 4 is 17.5 Å². The molecule has 3 N–H and O–H groups in total. The molecular weight excluding hydrogens is 252 g/mol. The van der Waals surface area contributed by atoms with Gasteiger partial charge in [0.2, 0.25) is 0 Å². The lowest BCUT2D eigenvalue weighted by atomic mass is 9.93. The summed E-state index contributed by atoms with van der Waals surface area (Å²) in [7, 11) is 0. The highest BCUT2D eigenvalue weighted by molar-refractivity contribution is 8.05. The molecule has 3 aliphatic rings. The minimum atomic E-state index is 0.262. The van der Waals surface area contributed by atoms with E-state index in [1.165, 1.54) is 0 Å². The highest BCUT2D eigenvalue weighted by atomic mass is 32.2. The Bertz CT molecular complexity index is 563. The SMILES string of the molecule is CC1C=CC(C(=N)C2=C(N)C3C=CC=CC3S2)=CC1. The van der Waals surface area contributed by atoms with Crippen LogP contribution in [-0.4, -0.2) is 11.0 Å². The third-order valence-corrected chi connectivity index (χ3v) is 5.19. The average Bonchev–Trinajstić information content (AvgIpc) is 2.77. The maximum Gasteiger partial charge on any atom is 0.0762 e. The summed E-state index contributed by atoms with van der Waals surface area (Å²) in [6, 6.07) is 0. The predicted octanol–water partition coefficient (Wildman–Crippen LogP) is 3.56. The van der Waals surface area contributed by atoms with Crippen LogP contribution in [0.15, 0.2) is 58.7 Å². The van der Waals surface area contributed by atoms with Crippen LogP contribution < -0.4 is 5.73 Å². The van der Waals surface area contributed by atoms with E-state index in [1.807, 2.05) is 6.08 Å². The van der Waals surface area contributed by atoms with Gasteiger partial charge in [-0.05, 0) is 17.9 Å². The second kappa shape index (κ2) is 4.89. The summed E-state index contributed by atoms with van der Waals surface area (Å²) in [5, 5.41) is 8.77. The molecule has 0 aromatic rings. The van der Waals surface area contributed by atoms with Gasteiger partial charge in [0.05, 0.1) is 10.6 Å². The number of fused-ring (bicyclic) bond motifs is 1. The molecule has 3 heteroatoms. The van der Waals surface area contributed by atoms with Crippen molar-refractivity contribution in [3.05, 3.63) is 58.7 Å². The summed E-state index contributed by atoms with van der Waals surface area (Å²) in [6.07, 6.45) is 15.8.